The molecule has 0 saturated heterocycles. The zero-order valence-corrected chi connectivity index (χ0v) is 16.2. The van der Waals surface area contributed by atoms with Crippen molar-refractivity contribution >= 4 is 23.2 Å². The Bertz CT molecular complexity index is 818. The molecule has 0 aromatic heterocycles. The summed E-state index contributed by atoms with van der Waals surface area (Å²) >= 11 is 0. The van der Waals surface area contributed by atoms with Crippen molar-refractivity contribution in [3.63, 3.8) is 0 Å². The van der Waals surface area contributed by atoms with Crippen LogP contribution in [-0.4, -0.2) is 26.0 Å². The summed E-state index contributed by atoms with van der Waals surface area (Å²) in [5.41, 5.74) is 2.47. The minimum Gasteiger partial charge on any atom is -0.496 e. The van der Waals surface area contributed by atoms with Crippen molar-refractivity contribution in [2.45, 2.75) is 33.1 Å². The first-order chi connectivity index (χ1) is 13.0. The van der Waals surface area contributed by atoms with Crippen LogP contribution in [-0.2, 0) is 4.79 Å². The number of para-hydroxylation sites is 1. The van der Waals surface area contributed by atoms with Gasteiger partial charge >= 0.3 is 0 Å². The maximum absolute atomic E-state index is 12.6. The van der Waals surface area contributed by atoms with Gasteiger partial charge in [-0.3, -0.25) is 9.59 Å². The van der Waals surface area contributed by atoms with E-state index in [1.54, 1.807) is 24.3 Å². The second-order valence-corrected chi connectivity index (χ2v) is 6.18. The van der Waals surface area contributed by atoms with Crippen LogP contribution in [0, 0.1) is 6.92 Å². The molecule has 0 aliphatic heterocycles. The average Bonchev–Trinajstić information content (AvgIpc) is 2.67. The summed E-state index contributed by atoms with van der Waals surface area (Å²) in [5, 5.41) is 5.68. The Labute approximate surface area is 159 Å². The smallest absolute Gasteiger partial charge is 0.259 e. The minimum absolute atomic E-state index is 0.0589. The number of aryl methyl sites for hydroxylation is 1. The summed E-state index contributed by atoms with van der Waals surface area (Å²) < 4.78 is 10.7. The molecule has 0 aliphatic carbocycles. The molecule has 0 spiro atoms. The Morgan fingerprint density at radius 2 is 1.81 bits per heavy atom. The van der Waals surface area contributed by atoms with E-state index in [-0.39, 0.29) is 11.8 Å². The highest BCUT2D eigenvalue weighted by molar-refractivity contribution is 6.06. The molecule has 6 heteroatoms. The lowest BCUT2D eigenvalue weighted by Crippen LogP contribution is -2.15. The lowest BCUT2D eigenvalue weighted by atomic mass is 10.1. The fraction of sp³-hybridized carbons (Fsp3) is 0.333. The van der Waals surface area contributed by atoms with Crippen molar-refractivity contribution in [1.29, 1.82) is 0 Å². The number of unbranched alkanes of at least 4 members (excludes halogenated alkanes) is 1. The van der Waals surface area contributed by atoms with E-state index >= 15 is 0 Å². The summed E-state index contributed by atoms with van der Waals surface area (Å²) in [6.07, 6.45) is 2.25. The number of carbonyl (C=O) groups excluding carboxylic acids is 2. The highest BCUT2D eigenvalue weighted by Crippen LogP contribution is 2.29. The fourth-order valence-electron chi connectivity index (χ4n) is 2.72. The normalized spacial score (nSPS) is 10.2. The average molecular weight is 370 g/mol. The molecule has 0 radical (unpaired) electrons. The first-order valence-electron chi connectivity index (χ1n) is 8.93. The van der Waals surface area contributed by atoms with E-state index in [1.807, 2.05) is 26.0 Å². The Kier molecular flexibility index (Phi) is 7.23. The van der Waals surface area contributed by atoms with Gasteiger partial charge in [-0.05, 0) is 37.1 Å². The number of hydrogen-bond acceptors (Lipinski definition) is 4. The SMILES string of the molecule is CCCCC(=O)Nc1ccc(NC(=O)c2cccc(C)c2OC)cc1OC. The molecule has 0 fully saturated rings. The minimum atomic E-state index is -0.280. The van der Waals surface area contributed by atoms with Gasteiger partial charge in [0, 0.05) is 18.2 Å². The van der Waals surface area contributed by atoms with Crippen LogP contribution in [0.4, 0.5) is 11.4 Å². The molecule has 0 unspecified atom stereocenters. The monoisotopic (exact) mass is 370 g/mol. The Balaban J connectivity index is 2.17. The Morgan fingerprint density at radius 3 is 2.48 bits per heavy atom. The number of rotatable bonds is 8. The van der Waals surface area contributed by atoms with Gasteiger partial charge < -0.3 is 20.1 Å². The van der Waals surface area contributed by atoms with Crippen LogP contribution in [0.15, 0.2) is 36.4 Å². The number of nitrogens with one attached hydrogen (secondary N) is 2. The molecule has 0 bridgehead atoms. The van der Waals surface area contributed by atoms with Gasteiger partial charge in [0.15, 0.2) is 0 Å². The quantitative estimate of drug-likeness (QED) is 0.722. The third-order valence-electron chi connectivity index (χ3n) is 4.15. The van der Waals surface area contributed by atoms with Gasteiger partial charge in [-0.1, -0.05) is 25.5 Å². The number of methoxy groups -OCH3 is 2. The summed E-state index contributed by atoms with van der Waals surface area (Å²) in [7, 11) is 3.06. The molecular formula is C21H26N2O4. The van der Waals surface area contributed by atoms with Crippen LogP contribution in [0.5, 0.6) is 11.5 Å². The zero-order valence-electron chi connectivity index (χ0n) is 16.2. The number of carbonyl (C=O) groups is 2. The van der Waals surface area contributed by atoms with Crippen LogP contribution < -0.4 is 20.1 Å². The zero-order chi connectivity index (χ0) is 19.8. The molecule has 0 saturated carbocycles. The predicted molar refractivity (Wildman–Crippen MR) is 107 cm³/mol. The van der Waals surface area contributed by atoms with Crippen LogP contribution in [0.3, 0.4) is 0 Å². The topological polar surface area (TPSA) is 76.7 Å². The first kappa shape index (κ1) is 20.3. The van der Waals surface area contributed by atoms with E-state index in [4.69, 9.17) is 9.47 Å². The lowest BCUT2D eigenvalue weighted by Gasteiger charge is -2.14. The van der Waals surface area contributed by atoms with Crippen molar-refractivity contribution in [2.24, 2.45) is 0 Å². The van der Waals surface area contributed by atoms with Gasteiger partial charge in [-0.15, -0.1) is 0 Å². The molecule has 2 aromatic rings. The van der Waals surface area contributed by atoms with Gasteiger partial charge in [0.05, 0.1) is 25.5 Å². The number of hydrogen-bond donors (Lipinski definition) is 2. The van der Waals surface area contributed by atoms with E-state index in [0.717, 1.165) is 18.4 Å². The van der Waals surface area contributed by atoms with Gasteiger partial charge in [-0.2, -0.15) is 0 Å². The lowest BCUT2D eigenvalue weighted by molar-refractivity contribution is -0.116. The number of amides is 2. The van der Waals surface area contributed by atoms with Gasteiger partial charge in [-0.25, -0.2) is 0 Å². The molecule has 0 heterocycles. The summed E-state index contributed by atoms with van der Waals surface area (Å²) in [6, 6.07) is 10.5. The molecule has 2 N–H and O–H groups in total. The largest absolute Gasteiger partial charge is 0.496 e. The highest BCUT2D eigenvalue weighted by atomic mass is 16.5. The maximum atomic E-state index is 12.6. The van der Waals surface area contributed by atoms with E-state index in [0.29, 0.717) is 34.9 Å². The highest BCUT2D eigenvalue weighted by Gasteiger charge is 2.15. The standard InChI is InChI=1S/C21H26N2O4/c1-5-6-10-19(24)23-17-12-11-15(13-18(17)26-3)22-21(25)16-9-7-8-14(2)20(16)27-4/h7-9,11-13H,5-6,10H2,1-4H3,(H,22,25)(H,23,24). The van der Waals surface area contributed by atoms with Crippen molar-refractivity contribution in [3.05, 3.63) is 47.5 Å². The second kappa shape index (κ2) is 9.62. The number of anilines is 2. The van der Waals surface area contributed by atoms with E-state index < -0.39 is 0 Å². The van der Waals surface area contributed by atoms with Crippen LogP contribution >= 0.6 is 0 Å². The van der Waals surface area contributed by atoms with Crippen molar-refractivity contribution in [3.8, 4) is 11.5 Å². The molecule has 2 rings (SSSR count). The molecular weight excluding hydrogens is 344 g/mol. The molecule has 6 nitrogen and oxygen atoms in total. The van der Waals surface area contributed by atoms with Gasteiger partial charge in [0.25, 0.3) is 5.91 Å². The van der Waals surface area contributed by atoms with E-state index in [2.05, 4.69) is 10.6 Å². The third kappa shape index (κ3) is 5.23. The molecule has 2 aromatic carbocycles. The Morgan fingerprint density at radius 1 is 1.04 bits per heavy atom. The third-order valence-corrected chi connectivity index (χ3v) is 4.15. The fourth-order valence-corrected chi connectivity index (χ4v) is 2.72. The molecule has 27 heavy (non-hydrogen) atoms. The van der Waals surface area contributed by atoms with Crippen LogP contribution in [0.2, 0.25) is 0 Å². The van der Waals surface area contributed by atoms with Crippen molar-refractivity contribution < 1.29 is 19.1 Å². The number of ether oxygens (including phenoxy) is 2. The predicted octanol–water partition coefficient (Wildman–Crippen LogP) is 4.39. The summed E-state index contributed by atoms with van der Waals surface area (Å²) in [5.74, 6) is 0.685. The summed E-state index contributed by atoms with van der Waals surface area (Å²) in [4.78, 5) is 24.6. The van der Waals surface area contributed by atoms with Crippen LogP contribution in [0.25, 0.3) is 0 Å². The maximum Gasteiger partial charge on any atom is 0.259 e. The Hall–Kier alpha value is -3.02. The van der Waals surface area contributed by atoms with Crippen molar-refractivity contribution in [2.75, 3.05) is 24.9 Å². The van der Waals surface area contributed by atoms with Crippen LogP contribution in [0.1, 0.15) is 42.1 Å². The second-order valence-electron chi connectivity index (χ2n) is 6.18. The molecule has 0 atom stereocenters. The van der Waals surface area contributed by atoms with Gasteiger partial charge in [0.2, 0.25) is 5.91 Å². The van der Waals surface area contributed by atoms with Crippen molar-refractivity contribution in [1.82, 2.24) is 0 Å². The number of benzene rings is 2. The molecule has 144 valence electrons. The van der Waals surface area contributed by atoms with Gasteiger partial charge in [0.1, 0.15) is 11.5 Å². The molecule has 0 aliphatic rings. The first-order valence-corrected chi connectivity index (χ1v) is 8.93. The van der Waals surface area contributed by atoms with E-state index in [9.17, 15) is 9.59 Å². The summed E-state index contributed by atoms with van der Waals surface area (Å²) in [6.45, 7) is 3.92. The van der Waals surface area contributed by atoms with E-state index in [1.165, 1.54) is 14.2 Å². The molecule has 2 amide bonds.